The highest BCUT2D eigenvalue weighted by atomic mass is 32.2. The molecule has 3 aromatic rings. The molecule has 3 heterocycles. The Labute approximate surface area is 216 Å². The van der Waals surface area contributed by atoms with E-state index in [0.29, 0.717) is 48.9 Å². The molecule has 2 aliphatic heterocycles. The Morgan fingerprint density at radius 1 is 1.00 bits per heavy atom. The summed E-state index contributed by atoms with van der Waals surface area (Å²) in [6, 6.07) is 13.1. The first-order valence-electron chi connectivity index (χ1n) is 12.2. The molecule has 0 spiro atoms. The molecule has 1 saturated heterocycles. The number of aryl methyl sites for hydroxylation is 2. The van der Waals surface area contributed by atoms with E-state index in [-0.39, 0.29) is 35.6 Å². The number of hydrogen-bond acceptors (Lipinski definition) is 7. The molecule has 1 amide bonds. The van der Waals surface area contributed by atoms with Gasteiger partial charge in [0.05, 0.1) is 0 Å². The molecule has 0 radical (unpaired) electrons. The number of hydrogen-bond donors (Lipinski definition) is 1. The van der Waals surface area contributed by atoms with Crippen LogP contribution in [-0.4, -0.2) is 50.1 Å². The number of anilines is 1. The lowest BCUT2D eigenvalue weighted by atomic mass is 9.97. The number of ether oxygens (including phenoxy) is 2. The van der Waals surface area contributed by atoms with Crippen molar-refractivity contribution in [2.75, 3.05) is 31.6 Å². The second kappa shape index (κ2) is 10.4. The van der Waals surface area contributed by atoms with Gasteiger partial charge >= 0.3 is 0 Å². The summed E-state index contributed by atoms with van der Waals surface area (Å²) in [5.74, 6) is 0.999. The Morgan fingerprint density at radius 3 is 2.43 bits per heavy atom. The number of carbonyl (C=O) groups is 1. The molecule has 0 aliphatic carbocycles. The van der Waals surface area contributed by atoms with Crippen LogP contribution in [0.25, 0.3) is 12.2 Å². The number of amides is 1. The second-order valence-electron chi connectivity index (χ2n) is 9.23. The number of fused-ring (bicyclic) bond motifs is 1. The van der Waals surface area contributed by atoms with E-state index in [4.69, 9.17) is 14.0 Å². The number of nitrogens with one attached hydrogen (secondary N) is 1. The van der Waals surface area contributed by atoms with Crippen molar-refractivity contribution >= 4 is 33.8 Å². The first-order valence-corrected chi connectivity index (χ1v) is 13.7. The van der Waals surface area contributed by atoms with Gasteiger partial charge in [0.25, 0.3) is 0 Å². The molecule has 1 aromatic heterocycles. The van der Waals surface area contributed by atoms with Crippen molar-refractivity contribution in [2.24, 2.45) is 5.92 Å². The first kappa shape index (κ1) is 25.0. The first-order chi connectivity index (χ1) is 17.8. The topological polar surface area (TPSA) is 111 Å². The van der Waals surface area contributed by atoms with Gasteiger partial charge in [-0.15, -0.1) is 0 Å². The molecule has 10 heteroatoms. The highest BCUT2D eigenvalue weighted by Gasteiger charge is 2.36. The summed E-state index contributed by atoms with van der Waals surface area (Å²) in [5, 5.41) is 6.83. The van der Waals surface area contributed by atoms with Crippen molar-refractivity contribution in [1.82, 2.24) is 9.46 Å². The summed E-state index contributed by atoms with van der Waals surface area (Å²) >= 11 is 0. The van der Waals surface area contributed by atoms with E-state index in [0.717, 1.165) is 11.1 Å². The van der Waals surface area contributed by atoms with Gasteiger partial charge in [0, 0.05) is 30.8 Å². The summed E-state index contributed by atoms with van der Waals surface area (Å²) in [6.07, 6.45) is 4.25. The number of carbonyl (C=O) groups excluding carboxylic acids is 1. The van der Waals surface area contributed by atoms with E-state index < -0.39 is 10.0 Å². The van der Waals surface area contributed by atoms with Gasteiger partial charge in [0.1, 0.15) is 18.9 Å². The third kappa shape index (κ3) is 5.40. The van der Waals surface area contributed by atoms with E-state index in [1.54, 1.807) is 37.3 Å². The van der Waals surface area contributed by atoms with Crippen LogP contribution in [0.15, 0.2) is 51.9 Å². The number of rotatable bonds is 6. The Balaban J connectivity index is 1.24. The van der Waals surface area contributed by atoms with Gasteiger partial charge in [-0.3, -0.25) is 4.79 Å². The van der Waals surface area contributed by atoms with E-state index in [2.05, 4.69) is 10.5 Å². The minimum Gasteiger partial charge on any atom is -0.486 e. The number of piperidine rings is 1. The van der Waals surface area contributed by atoms with Gasteiger partial charge in [0.2, 0.25) is 15.9 Å². The van der Waals surface area contributed by atoms with Crippen LogP contribution >= 0.6 is 0 Å². The number of sulfonamides is 1. The third-order valence-corrected chi connectivity index (χ3v) is 8.63. The lowest BCUT2D eigenvalue weighted by Gasteiger charge is -2.30. The molecule has 0 unspecified atom stereocenters. The summed E-state index contributed by atoms with van der Waals surface area (Å²) in [7, 11) is -3.85. The maximum absolute atomic E-state index is 13.5. The lowest BCUT2D eigenvalue weighted by molar-refractivity contribution is -0.120. The zero-order chi connectivity index (χ0) is 26.0. The maximum Gasteiger partial charge on any atom is 0.248 e. The Morgan fingerprint density at radius 2 is 1.70 bits per heavy atom. The minimum atomic E-state index is -3.85. The maximum atomic E-state index is 13.5. The molecular formula is C27H29N3O6S. The van der Waals surface area contributed by atoms with Gasteiger partial charge in [-0.1, -0.05) is 41.1 Å². The molecule has 0 atom stereocenters. The molecule has 0 saturated carbocycles. The molecule has 0 bridgehead atoms. The molecule has 194 valence electrons. The van der Waals surface area contributed by atoms with Gasteiger partial charge in [-0.2, -0.15) is 4.31 Å². The summed E-state index contributed by atoms with van der Waals surface area (Å²) < 4.78 is 44.9. The summed E-state index contributed by atoms with van der Waals surface area (Å²) in [6.45, 7) is 5.04. The molecule has 5 rings (SSSR count). The van der Waals surface area contributed by atoms with E-state index in [9.17, 15) is 13.2 Å². The standard InChI is InChI=1S/C27H29N3O6S/c1-18-3-5-20(6-4-18)7-9-24-26(19(2)29-36-24)37(32,33)30-13-11-21(12-14-30)27(31)28-22-8-10-23-25(17-22)35-16-15-34-23/h3-10,17,21H,11-16H2,1-2H3,(H,28,31)/b9-7+. The van der Waals surface area contributed by atoms with Gasteiger partial charge < -0.3 is 19.3 Å². The molecule has 1 N–H and O–H groups in total. The van der Waals surface area contributed by atoms with E-state index in [1.807, 2.05) is 31.2 Å². The number of nitrogens with zero attached hydrogens (tertiary/aromatic N) is 2. The average Bonchev–Trinajstić information content (AvgIpc) is 3.29. The molecule has 2 aliphatic rings. The van der Waals surface area contributed by atoms with Gasteiger partial charge in [-0.05, 0) is 50.5 Å². The van der Waals surface area contributed by atoms with Crippen molar-refractivity contribution in [3.63, 3.8) is 0 Å². The average molecular weight is 524 g/mol. The van der Waals surface area contributed by atoms with Crippen molar-refractivity contribution in [1.29, 1.82) is 0 Å². The lowest BCUT2D eigenvalue weighted by Crippen LogP contribution is -2.41. The van der Waals surface area contributed by atoms with Crippen LogP contribution in [0.3, 0.4) is 0 Å². The fourth-order valence-electron chi connectivity index (χ4n) is 4.50. The SMILES string of the molecule is Cc1ccc(/C=C/c2onc(C)c2S(=O)(=O)N2CCC(C(=O)Nc3ccc4c(c3)OCCO4)CC2)cc1. The highest BCUT2D eigenvalue weighted by Crippen LogP contribution is 2.33. The van der Waals surface area contributed by atoms with Crippen LogP contribution in [0, 0.1) is 19.8 Å². The highest BCUT2D eigenvalue weighted by molar-refractivity contribution is 7.89. The smallest absolute Gasteiger partial charge is 0.248 e. The largest absolute Gasteiger partial charge is 0.486 e. The van der Waals surface area contributed by atoms with Crippen molar-refractivity contribution in [3.05, 3.63) is 65.0 Å². The normalized spacial score (nSPS) is 16.7. The van der Waals surface area contributed by atoms with Gasteiger partial charge in [-0.25, -0.2) is 8.42 Å². The fraction of sp³-hybridized carbons (Fsp3) is 0.333. The van der Waals surface area contributed by atoms with Crippen molar-refractivity contribution in [3.8, 4) is 11.5 Å². The van der Waals surface area contributed by atoms with Crippen LogP contribution in [0.2, 0.25) is 0 Å². The summed E-state index contributed by atoms with van der Waals surface area (Å²) in [5.41, 5.74) is 2.99. The van der Waals surface area contributed by atoms with Gasteiger partial charge in [0.15, 0.2) is 22.2 Å². The predicted molar refractivity (Wildman–Crippen MR) is 139 cm³/mol. The second-order valence-corrected chi connectivity index (χ2v) is 11.1. The Hall–Kier alpha value is -3.63. The van der Waals surface area contributed by atoms with Crippen LogP contribution in [0.4, 0.5) is 5.69 Å². The zero-order valence-corrected chi connectivity index (χ0v) is 21.6. The van der Waals surface area contributed by atoms with Crippen LogP contribution in [-0.2, 0) is 14.8 Å². The molecule has 1 fully saturated rings. The third-order valence-electron chi connectivity index (χ3n) is 6.57. The molecule has 9 nitrogen and oxygen atoms in total. The Bertz CT molecular complexity index is 1420. The number of aromatic nitrogens is 1. The Kier molecular flexibility index (Phi) is 7.03. The zero-order valence-electron chi connectivity index (χ0n) is 20.8. The monoisotopic (exact) mass is 523 g/mol. The van der Waals surface area contributed by atoms with E-state index >= 15 is 0 Å². The van der Waals surface area contributed by atoms with Crippen LogP contribution in [0.5, 0.6) is 11.5 Å². The minimum absolute atomic E-state index is 0.0649. The fourth-order valence-corrected chi connectivity index (χ4v) is 6.22. The molecule has 2 aromatic carbocycles. The molecule has 37 heavy (non-hydrogen) atoms. The van der Waals surface area contributed by atoms with Crippen LogP contribution < -0.4 is 14.8 Å². The van der Waals surface area contributed by atoms with Crippen LogP contribution in [0.1, 0.15) is 35.4 Å². The summed E-state index contributed by atoms with van der Waals surface area (Å²) in [4.78, 5) is 12.9. The van der Waals surface area contributed by atoms with Crippen molar-refractivity contribution < 1.29 is 27.2 Å². The number of benzene rings is 2. The van der Waals surface area contributed by atoms with E-state index in [1.165, 1.54) is 4.31 Å². The molecular weight excluding hydrogens is 494 g/mol. The quantitative estimate of drug-likeness (QED) is 0.514. The predicted octanol–water partition coefficient (Wildman–Crippen LogP) is 4.27. The van der Waals surface area contributed by atoms with Crippen molar-refractivity contribution in [2.45, 2.75) is 31.6 Å².